The zero-order valence-corrected chi connectivity index (χ0v) is 12.0. The molecule has 1 unspecified atom stereocenters. The molecule has 6 nitrogen and oxygen atoms in total. The molecule has 0 aliphatic heterocycles. The molecule has 0 saturated carbocycles. The van der Waals surface area contributed by atoms with E-state index in [0.29, 0.717) is 11.3 Å². The van der Waals surface area contributed by atoms with Crippen LogP contribution in [-0.2, 0) is 0 Å². The van der Waals surface area contributed by atoms with Crippen LogP contribution in [0.5, 0.6) is 0 Å². The molecule has 0 spiro atoms. The number of hydrogen-bond acceptors (Lipinski definition) is 5. The van der Waals surface area contributed by atoms with E-state index in [0.717, 1.165) is 10.9 Å². The second kappa shape index (κ2) is 5.77. The Morgan fingerprint density at radius 2 is 1.95 bits per heavy atom. The molecular weight excluding hydrogens is 278 g/mol. The molecule has 0 radical (unpaired) electrons. The van der Waals surface area contributed by atoms with E-state index >= 15 is 0 Å². The van der Waals surface area contributed by atoms with Gasteiger partial charge in [0.25, 0.3) is 5.91 Å². The van der Waals surface area contributed by atoms with Gasteiger partial charge in [-0.15, -0.1) is 0 Å². The first kappa shape index (κ1) is 13.9. The first-order chi connectivity index (χ1) is 10.6. The fourth-order valence-electron chi connectivity index (χ4n) is 2.23. The monoisotopic (exact) mass is 293 g/mol. The summed E-state index contributed by atoms with van der Waals surface area (Å²) in [7, 11) is 0. The van der Waals surface area contributed by atoms with Crippen LogP contribution < -0.4 is 11.1 Å². The lowest BCUT2D eigenvalue weighted by Crippen LogP contribution is -2.17. The average Bonchev–Trinajstić information content (AvgIpc) is 2.55. The molecule has 1 aromatic carbocycles. The Balaban J connectivity index is 2.04. The molecule has 0 aliphatic rings. The second-order valence-electron chi connectivity index (χ2n) is 4.93. The molecule has 2 aromatic heterocycles. The molecular formula is C16H15N5O. The zero-order valence-electron chi connectivity index (χ0n) is 12.0. The van der Waals surface area contributed by atoms with Gasteiger partial charge >= 0.3 is 0 Å². The minimum atomic E-state index is -0.666. The number of benzene rings is 1. The van der Waals surface area contributed by atoms with Crippen molar-refractivity contribution in [2.24, 2.45) is 5.73 Å². The number of carbonyl (C=O) groups is 1. The van der Waals surface area contributed by atoms with Crippen LogP contribution in [0.25, 0.3) is 10.9 Å². The van der Waals surface area contributed by atoms with Crippen molar-refractivity contribution in [2.45, 2.75) is 13.0 Å². The lowest BCUT2D eigenvalue weighted by atomic mass is 10.1. The maximum absolute atomic E-state index is 11.4. The Hall–Kier alpha value is -3.02. The molecule has 3 N–H and O–H groups in total. The molecule has 0 saturated heterocycles. The fourth-order valence-corrected chi connectivity index (χ4v) is 2.23. The Labute approximate surface area is 127 Å². The zero-order chi connectivity index (χ0) is 15.5. The summed E-state index contributed by atoms with van der Waals surface area (Å²) in [6, 6.07) is 11.8. The Kier molecular flexibility index (Phi) is 3.65. The van der Waals surface area contributed by atoms with Crippen LogP contribution in [0.1, 0.15) is 29.1 Å². The highest BCUT2D eigenvalue weighted by Crippen LogP contribution is 2.24. The third-order valence-electron chi connectivity index (χ3n) is 3.37. The number of carbonyl (C=O) groups excluding carboxylic acids is 1. The number of hydrogen-bond donors (Lipinski definition) is 2. The summed E-state index contributed by atoms with van der Waals surface area (Å²) >= 11 is 0. The first-order valence-electron chi connectivity index (χ1n) is 6.88. The average molecular weight is 293 g/mol. The highest BCUT2D eigenvalue weighted by atomic mass is 16.1. The van der Waals surface area contributed by atoms with Crippen molar-refractivity contribution in [3.05, 3.63) is 60.2 Å². The molecule has 0 aliphatic carbocycles. The van der Waals surface area contributed by atoms with Crippen molar-refractivity contribution >= 4 is 22.6 Å². The summed E-state index contributed by atoms with van der Waals surface area (Å²) in [6.07, 6.45) is 3.25. The van der Waals surface area contributed by atoms with Crippen LogP contribution in [0.4, 0.5) is 5.82 Å². The largest absolute Gasteiger partial charge is 0.363 e. The Morgan fingerprint density at radius 1 is 1.18 bits per heavy atom. The topological polar surface area (TPSA) is 93.8 Å². The van der Waals surface area contributed by atoms with Crippen LogP contribution in [0.3, 0.4) is 0 Å². The van der Waals surface area contributed by atoms with Crippen molar-refractivity contribution in [2.75, 3.05) is 5.32 Å². The first-order valence-corrected chi connectivity index (χ1v) is 6.88. The summed E-state index contributed by atoms with van der Waals surface area (Å²) in [4.78, 5) is 23.8. The minimum Gasteiger partial charge on any atom is -0.363 e. The number of fused-ring (bicyclic) bond motifs is 1. The predicted octanol–water partition coefficient (Wildman–Crippen LogP) is 2.30. The van der Waals surface area contributed by atoms with Crippen molar-refractivity contribution in [1.82, 2.24) is 15.0 Å². The van der Waals surface area contributed by atoms with Crippen LogP contribution in [0.2, 0.25) is 0 Å². The third-order valence-corrected chi connectivity index (χ3v) is 3.37. The highest BCUT2D eigenvalue weighted by molar-refractivity contribution is 5.95. The van der Waals surface area contributed by atoms with Crippen LogP contribution in [0.15, 0.2) is 48.8 Å². The van der Waals surface area contributed by atoms with Crippen molar-refractivity contribution in [3.63, 3.8) is 0 Å². The van der Waals surface area contributed by atoms with E-state index in [1.165, 1.54) is 0 Å². The van der Waals surface area contributed by atoms with E-state index in [2.05, 4.69) is 20.3 Å². The fraction of sp³-hybridized carbons (Fsp3) is 0.125. The van der Waals surface area contributed by atoms with E-state index in [-0.39, 0.29) is 11.9 Å². The lowest BCUT2D eigenvalue weighted by Gasteiger charge is -2.16. The number of pyridine rings is 1. The molecule has 1 amide bonds. The number of aromatic nitrogens is 3. The molecule has 1 atom stereocenters. The van der Waals surface area contributed by atoms with Gasteiger partial charge in [0.05, 0.1) is 11.7 Å². The summed E-state index contributed by atoms with van der Waals surface area (Å²) in [5.74, 6) is -0.123. The number of rotatable bonds is 4. The predicted molar refractivity (Wildman–Crippen MR) is 84.3 cm³/mol. The SMILES string of the molecule is CC(Nc1nc(C(N)=O)nc2cnccc12)c1ccccc1. The number of nitrogens with zero attached hydrogens (tertiary/aromatic N) is 3. The van der Waals surface area contributed by atoms with Crippen LogP contribution in [0, 0.1) is 0 Å². The number of primary amides is 1. The Morgan fingerprint density at radius 3 is 2.68 bits per heavy atom. The number of nitrogens with one attached hydrogen (secondary N) is 1. The van der Waals surface area contributed by atoms with Gasteiger partial charge in [0.15, 0.2) is 0 Å². The van der Waals surface area contributed by atoms with E-state index in [1.54, 1.807) is 18.5 Å². The van der Waals surface area contributed by atoms with Crippen LogP contribution >= 0.6 is 0 Å². The van der Waals surface area contributed by atoms with Gasteiger partial charge in [0.1, 0.15) is 5.82 Å². The van der Waals surface area contributed by atoms with E-state index < -0.39 is 5.91 Å². The Bertz CT molecular complexity index is 819. The van der Waals surface area contributed by atoms with Gasteiger partial charge in [0.2, 0.25) is 5.82 Å². The molecule has 0 fully saturated rings. The second-order valence-corrected chi connectivity index (χ2v) is 4.93. The standard InChI is InChI=1S/C16H15N5O/c1-10(11-5-3-2-4-6-11)19-15-12-7-8-18-9-13(12)20-16(21-15)14(17)22/h2-10H,1H3,(H2,17,22)(H,19,20,21). The normalized spacial score (nSPS) is 12.0. The van der Waals surface area contributed by atoms with Gasteiger partial charge in [-0.05, 0) is 18.6 Å². The smallest absolute Gasteiger partial charge is 0.286 e. The van der Waals surface area contributed by atoms with Crippen molar-refractivity contribution in [3.8, 4) is 0 Å². The number of amides is 1. The number of nitrogens with two attached hydrogens (primary N) is 1. The van der Waals surface area contributed by atoms with Crippen molar-refractivity contribution in [1.29, 1.82) is 0 Å². The van der Waals surface area contributed by atoms with Gasteiger partial charge in [-0.25, -0.2) is 9.97 Å². The molecule has 6 heteroatoms. The maximum atomic E-state index is 11.4. The lowest BCUT2D eigenvalue weighted by molar-refractivity contribution is 0.0991. The summed E-state index contributed by atoms with van der Waals surface area (Å²) in [5, 5.41) is 4.10. The van der Waals surface area contributed by atoms with Gasteiger partial charge in [0, 0.05) is 17.6 Å². The molecule has 3 aromatic rings. The van der Waals surface area contributed by atoms with Gasteiger partial charge < -0.3 is 11.1 Å². The molecule has 22 heavy (non-hydrogen) atoms. The van der Waals surface area contributed by atoms with E-state index in [9.17, 15) is 4.79 Å². The third kappa shape index (κ3) is 2.71. The van der Waals surface area contributed by atoms with Gasteiger partial charge in [-0.1, -0.05) is 30.3 Å². The quantitative estimate of drug-likeness (QED) is 0.769. The van der Waals surface area contributed by atoms with Crippen LogP contribution in [-0.4, -0.2) is 20.9 Å². The van der Waals surface area contributed by atoms with E-state index in [4.69, 9.17) is 5.73 Å². The maximum Gasteiger partial charge on any atom is 0.286 e. The van der Waals surface area contributed by atoms with Gasteiger partial charge in [-0.3, -0.25) is 9.78 Å². The summed E-state index contributed by atoms with van der Waals surface area (Å²) in [5.41, 5.74) is 7.00. The minimum absolute atomic E-state index is 0.0215. The molecule has 2 heterocycles. The summed E-state index contributed by atoms with van der Waals surface area (Å²) < 4.78 is 0. The van der Waals surface area contributed by atoms with E-state index in [1.807, 2.05) is 37.3 Å². The number of anilines is 1. The molecule has 110 valence electrons. The highest BCUT2D eigenvalue weighted by Gasteiger charge is 2.13. The van der Waals surface area contributed by atoms with Gasteiger partial charge in [-0.2, -0.15) is 0 Å². The summed E-state index contributed by atoms with van der Waals surface area (Å²) in [6.45, 7) is 2.02. The molecule has 0 bridgehead atoms. The van der Waals surface area contributed by atoms with Crippen molar-refractivity contribution < 1.29 is 4.79 Å². The molecule has 3 rings (SSSR count).